The molecule has 1 aliphatic rings. The molecule has 36 heavy (non-hydrogen) atoms. The highest BCUT2D eigenvalue weighted by atomic mass is 16.5. The van der Waals surface area contributed by atoms with Crippen molar-refractivity contribution in [2.24, 2.45) is 0 Å². The number of nitrogens with one attached hydrogen (secondary N) is 1. The smallest absolute Gasteiger partial charge is 0.342 e. The van der Waals surface area contributed by atoms with E-state index in [-0.39, 0.29) is 11.4 Å². The molecule has 0 atom stereocenters. The quantitative estimate of drug-likeness (QED) is 0.399. The summed E-state index contributed by atoms with van der Waals surface area (Å²) in [6.45, 7) is 6.56. The van der Waals surface area contributed by atoms with E-state index >= 15 is 0 Å². The molecule has 0 unspecified atom stereocenters. The van der Waals surface area contributed by atoms with E-state index in [2.05, 4.69) is 29.5 Å². The van der Waals surface area contributed by atoms with Crippen molar-refractivity contribution in [1.29, 1.82) is 0 Å². The fourth-order valence-corrected chi connectivity index (χ4v) is 4.70. The third kappa shape index (κ3) is 4.31. The van der Waals surface area contributed by atoms with Gasteiger partial charge in [-0.2, -0.15) is 9.78 Å². The van der Waals surface area contributed by atoms with Gasteiger partial charge in [-0.25, -0.2) is 9.78 Å². The van der Waals surface area contributed by atoms with E-state index in [0.29, 0.717) is 18.1 Å². The highest BCUT2D eigenvalue weighted by Crippen LogP contribution is 2.34. The molecule has 2 N–H and O–H groups in total. The van der Waals surface area contributed by atoms with E-state index in [1.54, 1.807) is 6.07 Å². The van der Waals surface area contributed by atoms with Crippen LogP contribution in [0.25, 0.3) is 17.1 Å². The molecule has 0 spiro atoms. The molecular formula is C28H28N4O4. The highest BCUT2D eigenvalue weighted by molar-refractivity contribution is 5.90. The Morgan fingerprint density at radius 2 is 1.97 bits per heavy atom. The van der Waals surface area contributed by atoms with Crippen molar-refractivity contribution in [3.63, 3.8) is 0 Å². The molecule has 4 aromatic rings. The molecule has 2 aromatic heterocycles. The SMILES string of the molecule is COc1c(C(=O)O)cnn1-c1cccc(-c2cccc(C)c2OCc2ccc3c(c2C)CCNC3)n1. The predicted molar refractivity (Wildman–Crippen MR) is 136 cm³/mol. The van der Waals surface area contributed by atoms with Gasteiger partial charge in [0.25, 0.3) is 0 Å². The number of carboxylic acids is 1. The Labute approximate surface area is 209 Å². The van der Waals surface area contributed by atoms with Crippen LogP contribution in [0.15, 0.2) is 54.7 Å². The summed E-state index contributed by atoms with van der Waals surface area (Å²) in [4.78, 5) is 16.3. The van der Waals surface area contributed by atoms with Gasteiger partial charge in [0, 0.05) is 12.1 Å². The van der Waals surface area contributed by atoms with Gasteiger partial charge in [0.1, 0.15) is 17.9 Å². The molecule has 1 aliphatic heterocycles. The topological polar surface area (TPSA) is 98.5 Å². The second-order valence-corrected chi connectivity index (χ2v) is 8.82. The van der Waals surface area contributed by atoms with Gasteiger partial charge in [-0.05, 0) is 72.8 Å². The number of ether oxygens (including phenoxy) is 2. The van der Waals surface area contributed by atoms with E-state index in [4.69, 9.17) is 14.5 Å². The first-order valence-electron chi connectivity index (χ1n) is 11.8. The Bertz CT molecular complexity index is 1440. The number of aromatic nitrogens is 3. The van der Waals surface area contributed by atoms with E-state index in [1.807, 2.05) is 37.3 Å². The third-order valence-electron chi connectivity index (χ3n) is 6.63. The Hall–Kier alpha value is -4.17. The molecule has 184 valence electrons. The minimum atomic E-state index is -1.11. The van der Waals surface area contributed by atoms with Crippen LogP contribution in [0.5, 0.6) is 11.6 Å². The van der Waals surface area contributed by atoms with Gasteiger partial charge in [0.2, 0.25) is 5.88 Å². The maximum absolute atomic E-state index is 11.5. The second kappa shape index (κ2) is 9.83. The molecule has 0 radical (unpaired) electrons. The fraction of sp³-hybridized carbons (Fsp3) is 0.250. The molecule has 3 heterocycles. The Kier molecular flexibility index (Phi) is 6.43. The number of carbonyl (C=O) groups is 1. The Morgan fingerprint density at radius 1 is 1.14 bits per heavy atom. The van der Waals surface area contributed by atoms with Gasteiger partial charge < -0.3 is 19.9 Å². The van der Waals surface area contributed by atoms with Crippen LogP contribution in [0.2, 0.25) is 0 Å². The zero-order valence-electron chi connectivity index (χ0n) is 20.5. The first-order chi connectivity index (χ1) is 17.5. The largest absolute Gasteiger partial charge is 0.488 e. The third-order valence-corrected chi connectivity index (χ3v) is 6.63. The number of hydrogen-bond acceptors (Lipinski definition) is 6. The lowest BCUT2D eigenvalue weighted by Gasteiger charge is -2.22. The summed E-state index contributed by atoms with van der Waals surface area (Å²) in [7, 11) is 1.41. The van der Waals surface area contributed by atoms with Crippen molar-refractivity contribution in [2.45, 2.75) is 33.4 Å². The first kappa shape index (κ1) is 23.6. The van der Waals surface area contributed by atoms with Crippen molar-refractivity contribution in [3.8, 4) is 28.7 Å². The van der Waals surface area contributed by atoms with Crippen LogP contribution in [0.4, 0.5) is 0 Å². The molecule has 0 fully saturated rings. The molecule has 8 nitrogen and oxygen atoms in total. The monoisotopic (exact) mass is 484 g/mol. The number of aryl methyl sites for hydroxylation is 1. The van der Waals surface area contributed by atoms with Gasteiger partial charge in [-0.1, -0.05) is 30.3 Å². The highest BCUT2D eigenvalue weighted by Gasteiger charge is 2.20. The number of fused-ring (bicyclic) bond motifs is 1. The number of nitrogens with zero attached hydrogens (tertiary/aromatic N) is 3. The predicted octanol–water partition coefficient (Wildman–Crippen LogP) is 4.48. The normalized spacial score (nSPS) is 12.8. The van der Waals surface area contributed by atoms with Crippen LogP contribution in [-0.4, -0.2) is 39.5 Å². The van der Waals surface area contributed by atoms with E-state index in [1.165, 1.54) is 40.2 Å². The van der Waals surface area contributed by atoms with Crippen LogP contribution in [0.3, 0.4) is 0 Å². The molecule has 8 heteroatoms. The lowest BCUT2D eigenvalue weighted by Crippen LogP contribution is -2.24. The number of hydrogen-bond donors (Lipinski definition) is 2. The lowest BCUT2D eigenvalue weighted by molar-refractivity contribution is 0.0693. The molecule has 0 amide bonds. The zero-order valence-corrected chi connectivity index (χ0v) is 20.5. The average molecular weight is 485 g/mol. The Balaban J connectivity index is 1.48. The van der Waals surface area contributed by atoms with Gasteiger partial charge >= 0.3 is 5.97 Å². The molecule has 2 aromatic carbocycles. The summed E-state index contributed by atoms with van der Waals surface area (Å²) in [6.07, 6.45) is 2.29. The van der Waals surface area contributed by atoms with Crippen molar-refractivity contribution < 1.29 is 19.4 Å². The summed E-state index contributed by atoms with van der Waals surface area (Å²) in [5.41, 5.74) is 7.77. The molecular weight excluding hydrogens is 456 g/mol. The summed E-state index contributed by atoms with van der Waals surface area (Å²) in [5.74, 6) is 0.214. The van der Waals surface area contributed by atoms with E-state index in [0.717, 1.165) is 36.4 Å². The summed E-state index contributed by atoms with van der Waals surface area (Å²) in [6, 6.07) is 15.8. The van der Waals surface area contributed by atoms with Gasteiger partial charge in [-0.15, -0.1) is 0 Å². The maximum Gasteiger partial charge on any atom is 0.342 e. The summed E-state index contributed by atoms with van der Waals surface area (Å²) < 4.78 is 13.1. The fourth-order valence-electron chi connectivity index (χ4n) is 4.70. The van der Waals surface area contributed by atoms with Crippen LogP contribution >= 0.6 is 0 Å². The van der Waals surface area contributed by atoms with Crippen LogP contribution in [0.1, 0.15) is 38.2 Å². The lowest BCUT2D eigenvalue weighted by atomic mass is 9.93. The molecule has 0 saturated heterocycles. The Morgan fingerprint density at radius 3 is 2.78 bits per heavy atom. The second-order valence-electron chi connectivity index (χ2n) is 8.82. The standard InChI is InChI=1S/C28H28N4O4/c1-17-6-4-7-22(26(17)36-16-20-11-10-19-14-29-13-12-21(19)18(20)2)24-8-5-9-25(31-24)32-27(35-3)23(15-30-32)28(33)34/h4-11,15,29H,12-14,16H2,1-3H3,(H,33,34). The first-order valence-corrected chi connectivity index (χ1v) is 11.8. The van der Waals surface area contributed by atoms with Crippen molar-refractivity contribution in [2.75, 3.05) is 13.7 Å². The number of methoxy groups -OCH3 is 1. The molecule has 0 saturated carbocycles. The zero-order chi connectivity index (χ0) is 25.2. The molecule has 0 aliphatic carbocycles. The number of carboxylic acid groups (broad SMARTS) is 1. The van der Waals surface area contributed by atoms with Crippen LogP contribution in [-0.2, 0) is 19.6 Å². The molecule has 0 bridgehead atoms. The van der Waals surface area contributed by atoms with Crippen molar-refractivity contribution >= 4 is 5.97 Å². The minimum Gasteiger partial charge on any atom is -0.488 e. The average Bonchev–Trinajstić information content (AvgIpc) is 3.34. The number of rotatable bonds is 7. The van der Waals surface area contributed by atoms with Crippen molar-refractivity contribution in [3.05, 3.63) is 88.1 Å². The number of aromatic carboxylic acids is 1. The van der Waals surface area contributed by atoms with Gasteiger partial charge in [-0.3, -0.25) is 0 Å². The number of benzene rings is 2. The van der Waals surface area contributed by atoms with Crippen molar-refractivity contribution in [1.82, 2.24) is 20.1 Å². The number of pyridine rings is 1. The van der Waals surface area contributed by atoms with E-state index in [9.17, 15) is 9.90 Å². The van der Waals surface area contributed by atoms with Crippen LogP contribution in [0, 0.1) is 13.8 Å². The summed E-state index contributed by atoms with van der Waals surface area (Å²) >= 11 is 0. The van der Waals surface area contributed by atoms with Gasteiger partial charge in [0.05, 0.1) is 19.0 Å². The minimum absolute atomic E-state index is 0.0273. The van der Waals surface area contributed by atoms with E-state index < -0.39 is 5.97 Å². The summed E-state index contributed by atoms with van der Waals surface area (Å²) in [5, 5.41) is 17.0. The maximum atomic E-state index is 11.5. The molecule has 5 rings (SSSR count). The van der Waals surface area contributed by atoms with Gasteiger partial charge in [0.15, 0.2) is 5.82 Å². The number of para-hydroxylation sites is 1. The van der Waals surface area contributed by atoms with Crippen LogP contribution < -0.4 is 14.8 Å².